The number of carboxylic acids is 1. The number of rotatable bonds is 14. The van der Waals surface area contributed by atoms with Gasteiger partial charge in [-0.3, -0.25) is 19.7 Å². The van der Waals surface area contributed by atoms with Crippen molar-refractivity contribution >= 4 is 17.8 Å². The molecule has 2 unspecified atom stereocenters. The molecule has 1 aromatic carbocycles. The molecule has 0 radical (unpaired) electrons. The van der Waals surface area contributed by atoms with Gasteiger partial charge in [0.1, 0.15) is 12.1 Å². The normalized spacial score (nSPS) is 13.9. The topological polar surface area (TPSA) is 131 Å². The SMILES string of the molecule is CCOC(=O)C(CCc1ccccc1)NC(CCCCN)C(=O)N[C@@H](C)C(=O)O. The van der Waals surface area contributed by atoms with Gasteiger partial charge < -0.3 is 20.9 Å². The summed E-state index contributed by atoms with van der Waals surface area (Å²) in [5.41, 5.74) is 6.62. The Labute approximate surface area is 172 Å². The first-order valence-electron chi connectivity index (χ1n) is 10.1. The van der Waals surface area contributed by atoms with Gasteiger partial charge in [-0.25, -0.2) is 0 Å². The zero-order valence-electron chi connectivity index (χ0n) is 17.2. The third kappa shape index (κ3) is 9.54. The fourth-order valence-corrected chi connectivity index (χ4v) is 2.87. The van der Waals surface area contributed by atoms with Crippen LogP contribution in [0, 0.1) is 0 Å². The summed E-state index contributed by atoms with van der Waals surface area (Å²) < 4.78 is 5.17. The average Bonchev–Trinajstić information content (AvgIpc) is 2.70. The number of carboxylic acid groups (broad SMARTS) is 1. The van der Waals surface area contributed by atoms with E-state index in [2.05, 4.69) is 10.6 Å². The summed E-state index contributed by atoms with van der Waals surface area (Å²) in [6.07, 6.45) is 2.94. The number of aliphatic carboxylic acids is 1. The number of benzene rings is 1. The maximum atomic E-state index is 12.6. The molecule has 1 aromatic rings. The number of hydrogen-bond acceptors (Lipinski definition) is 6. The van der Waals surface area contributed by atoms with Crippen LogP contribution >= 0.6 is 0 Å². The van der Waals surface area contributed by atoms with Gasteiger partial charge in [0.15, 0.2) is 0 Å². The Morgan fingerprint density at radius 3 is 2.38 bits per heavy atom. The lowest BCUT2D eigenvalue weighted by molar-refractivity contribution is -0.147. The van der Waals surface area contributed by atoms with Crippen molar-refractivity contribution in [2.75, 3.05) is 13.2 Å². The summed E-state index contributed by atoms with van der Waals surface area (Å²) >= 11 is 0. The van der Waals surface area contributed by atoms with Gasteiger partial charge in [0.25, 0.3) is 0 Å². The monoisotopic (exact) mass is 407 g/mol. The molecular formula is C21H33N3O5. The number of esters is 1. The molecule has 0 fully saturated rings. The number of unbranched alkanes of at least 4 members (excludes halogenated alkanes) is 1. The number of aryl methyl sites for hydroxylation is 1. The molecule has 0 spiro atoms. The van der Waals surface area contributed by atoms with Gasteiger partial charge in [-0.2, -0.15) is 0 Å². The van der Waals surface area contributed by atoms with E-state index in [-0.39, 0.29) is 6.61 Å². The van der Waals surface area contributed by atoms with Crippen LogP contribution in [0.1, 0.15) is 45.1 Å². The molecule has 3 atom stereocenters. The second-order valence-corrected chi connectivity index (χ2v) is 6.90. The number of ether oxygens (including phenoxy) is 1. The molecule has 0 heterocycles. The standard InChI is InChI=1S/C21H33N3O5/c1-3-29-21(28)18(13-12-16-9-5-4-6-10-16)24-17(11-7-8-14-22)19(25)23-15(2)20(26)27/h4-6,9-10,15,17-18,24H,3,7-8,11-14,22H2,1-2H3,(H,23,25)(H,26,27)/t15-,17?,18?/m0/s1. The first-order chi connectivity index (χ1) is 13.9. The lowest BCUT2D eigenvalue weighted by Crippen LogP contribution is -2.54. The van der Waals surface area contributed by atoms with E-state index in [0.29, 0.717) is 32.2 Å². The molecule has 0 saturated heterocycles. The second-order valence-electron chi connectivity index (χ2n) is 6.90. The molecule has 0 aliphatic carbocycles. The Balaban J connectivity index is 2.87. The Morgan fingerprint density at radius 2 is 1.79 bits per heavy atom. The van der Waals surface area contributed by atoms with Gasteiger partial charge in [0.05, 0.1) is 12.6 Å². The Morgan fingerprint density at radius 1 is 1.10 bits per heavy atom. The predicted molar refractivity (Wildman–Crippen MR) is 110 cm³/mol. The van der Waals surface area contributed by atoms with Crippen molar-refractivity contribution in [3.8, 4) is 0 Å². The third-order valence-corrected chi connectivity index (χ3v) is 4.53. The summed E-state index contributed by atoms with van der Waals surface area (Å²) in [7, 11) is 0. The number of nitrogens with one attached hydrogen (secondary N) is 2. The van der Waals surface area contributed by atoms with E-state index < -0.39 is 36.0 Å². The van der Waals surface area contributed by atoms with E-state index in [9.17, 15) is 14.4 Å². The van der Waals surface area contributed by atoms with Crippen LogP contribution in [0.3, 0.4) is 0 Å². The molecule has 162 valence electrons. The van der Waals surface area contributed by atoms with Crippen molar-refractivity contribution < 1.29 is 24.2 Å². The highest BCUT2D eigenvalue weighted by Gasteiger charge is 2.28. The number of amides is 1. The number of carbonyl (C=O) groups excluding carboxylic acids is 2. The number of nitrogens with two attached hydrogens (primary N) is 1. The quantitative estimate of drug-likeness (QED) is 0.269. The molecule has 0 saturated carbocycles. The molecule has 5 N–H and O–H groups in total. The molecule has 8 heteroatoms. The smallest absolute Gasteiger partial charge is 0.325 e. The van der Waals surface area contributed by atoms with Crippen molar-refractivity contribution in [1.82, 2.24) is 10.6 Å². The van der Waals surface area contributed by atoms with Crippen LogP contribution in [0.5, 0.6) is 0 Å². The highest BCUT2D eigenvalue weighted by atomic mass is 16.5. The highest BCUT2D eigenvalue weighted by Crippen LogP contribution is 2.10. The maximum absolute atomic E-state index is 12.6. The summed E-state index contributed by atoms with van der Waals surface area (Å²) in [6, 6.07) is 7.32. The largest absolute Gasteiger partial charge is 0.480 e. The van der Waals surface area contributed by atoms with Crippen molar-refractivity contribution in [2.24, 2.45) is 5.73 Å². The molecule has 0 aliphatic heterocycles. The molecule has 0 aromatic heterocycles. The van der Waals surface area contributed by atoms with E-state index in [4.69, 9.17) is 15.6 Å². The van der Waals surface area contributed by atoms with Crippen LogP contribution in [0.4, 0.5) is 0 Å². The molecule has 8 nitrogen and oxygen atoms in total. The van der Waals surface area contributed by atoms with Crippen molar-refractivity contribution in [3.05, 3.63) is 35.9 Å². The second kappa shape index (κ2) is 13.7. The summed E-state index contributed by atoms with van der Waals surface area (Å²) in [4.78, 5) is 36.1. The fourth-order valence-electron chi connectivity index (χ4n) is 2.87. The van der Waals surface area contributed by atoms with E-state index in [1.54, 1.807) is 6.92 Å². The van der Waals surface area contributed by atoms with Crippen molar-refractivity contribution in [3.63, 3.8) is 0 Å². The minimum atomic E-state index is -1.12. The zero-order chi connectivity index (χ0) is 21.6. The number of carbonyl (C=O) groups is 3. The minimum absolute atomic E-state index is 0.239. The Kier molecular flexibility index (Phi) is 11.6. The van der Waals surface area contributed by atoms with Crippen LogP contribution in [0.25, 0.3) is 0 Å². The predicted octanol–water partition coefficient (Wildman–Crippen LogP) is 1.23. The van der Waals surface area contributed by atoms with Crippen LogP contribution in [-0.2, 0) is 25.5 Å². The fraction of sp³-hybridized carbons (Fsp3) is 0.571. The van der Waals surface area contributed by atoms with Gasteiger partial charge in [-0.15, -0.1) is 0 Å². The third-order valence-electron chi connectivity index (χ3n) is 4.53. The van der Waals surface area contributed by atoms with Gasteiger partial charge in [0.2, 0.25) is 5.91 Å². The van der Waals surface area contributed by atoms with Crippen LogP contribution in [0.15, 0.2) is 30.3 Å². The van der Waals surface area contributed by atoms with Crippen LogP contribution in [0.2, 0.25) is 0 Å². The maximum Gasteiger partial charge on any atom is 0.325 e. The Bertz CT molecular complexity index is 638. The average molecular weight is 408 g/mol. The molecule has 0 aliphatic rings. The van der Waals surface area contributed by atoms with E-state index >= 15 is 0 Å². The summed E-state index contributed by atoms with van der Waals surface area (Å²) in [5, 5.41) is 14.6. The number of hydrogen-bond donors (Lipinski definition) is 4. The Hall–Kier alpha value is -2.45. The summed E-state index contributed by atoms with van der Waals surface area (Å²) in [5.74, 6) is -2.00. The van der Waals surface area contributed by atoms with Gasteiger partial charge in [-0.05, 0) is 51.6 Å². The lowest BCUT2D eigenvalue weighted by atomic mass is 10.0. The van der Waals surface area contributed by atoms with Crippen molar-refractivity contribution in [2.45, 2.75) is 64.1 Å². The summed E-state index contributed by atoms with van der Waals surface area (Å²) in [6.45, 7) is 3.86. The molecule has 0 bridgehead atoms. The zero-order valence-corrected chi connectivity index (χ0v) is 17.2. The minimum Gasteiger partial charge on any atom is -0.480 e. The van der Waals surface area contributed by atoms with E-state index in [1.807, 2.05) is 30.3 Å². The first kappa shape index (κ1) is 24.6. The van der Waals surface area contributed by atoms with Crippen LogP contribution < -0.4 is 16.4 Å². The van der Waals surface area contributed by atoms with E-state index in [0.717, 1.165) is 12.0 Å². The van der Waals surface area contributed by atoms with Gasteiger partial charge in [-0.1, -0.05) is 36.8 Å². The molecule has 1 amide bonds. The van der Waals surface area contributed by atoms with Gasteiger partial charge in [0, 0.05) is 0 Å². The van der Waals surface area contributed by atoms with E-state index in [1.165, 1.54) is 6.92 Å². The van der Waals surface area contributed by atoms with Gasteiger partial charge >= 0.3 is 11.9 Å². The molecular weight excluding hydrogens is 374 g/mol. The molecule has 1 rings (SSSR count). The lowest BCUT2D eigenvalue weighted by Gasteiger charge is -2.25. The first-order valence-corrected chi connectivity index (χ1v) is 10.1. The van der Waals surface area contributed by atoms with Crippen molar-refractivity contribution in [1.29, 1.82) is 0 Å². The molecule has 29 heavy (non-hydrogen) atoms. The van der Waals surface area contributed by atoms with Crippen LogP contribution in [-0.4, -0.2) is 54.2 Å². The highest BCUT2D eigenvalue weighted by molar-refractivity contribution is 5.87.